The summed E-state index contributed by atoms with van der Waals surface area (Å²) in [7, 11) is -4.30. The molecule has 0 fully saturated rings. The zero-order valence-electron chi connectivity index (χ0n) is 22.4. The molecule has 0 bridgehead atoms. The fourth-order valence-electron chi connectivity index (χ4n) is 3.90. The molecule has 13 nitrogen and oxygen atoms in total. The van der Waals surface area contributed by atoms with Crippen LogP contribution < -0.4 is 0 Å². The molecule has 0 aliphatic carbocycles. The third-order valence-corrected chi connectivity index (χ3v) is 6.77. The minimum atomic E-state index is -4.30. The van der Waals surface area contributed by atoms with E-state index in [-0.39, 0.29) is 39.4 Å². The maximum absolute atomic E-state index is 12.4. The van der Waals surface area contributed by atoms with Gasteiger partial charge in [0.2, 0.25) is 0 Å². The van der Waals surface area contributed by atoms with Gasteiger partial charge >= 0.3 is 25.7 Å². The zero-order valence-corrected chi connectivity index (χ0v) is 23.3. The minimum absolute atomic E-state index is 0.0115. The van der Waals surface area contributed by atoms with E-state index in [1.165, 1.54) is 9.80 Å². The minimum Gasteiger partial charge on any atom is -0.480 e. The zero-order chi connectivity index (χ0) is 28.3. The Morgan fingerprint density at radius 3 is 1.76 bits per heavy atom. The maximum atomic E-state index is 12.4. The summed E-state index contributed by atoms with van der Waals surface area (Å²) in [5, 5.41) is 27.4. The first-order valence-corrected chi connectivity index (χ1v) is 14.4. The van der Waals surface area contributed by atoms with Gasteiger partial charge < -0.3 is 20.2 Å². The molecule has 2 atom stereocenters. The normalized spacial score (nSPS) is 14.2. The summed E-state index contributed by atoms with van der Waals surface area (Å²) in [6.07, 6.45) is 5.99. The number of unbranched alkanes of at least 4 members (excludes halogenated alkanes) is 5. The van der Waals surface area contributed by atoms with E-state index in [1.807, 2.05) is 18.7 Å². The third-order valence-electron chi connectivity index (χ3n) is 5.79. The Bertz CT molecular complexity index is 692. The van der Waals surface area contributed by atoms with Gasteiger partial charge in [-0.25, -0.2) is 4.57 Å². The van der Waals surface area contributed by atoms with E-state index in [9.17, 15) is 28.9 Å². The maximum Gasteiger partial charge on any atom is 0.472 e. The molecular weight excluding hydrogens is 509 g/mol. The van der Waals surface area contributed by atoms with Crippen molar-refractivity contribution in [3.63, 3.8) is 0 Å². The summed E-state index contributed by atoms with van der Waals surface area (Å²) in [5.41, 5.74) is 0. The number of carbonyl (C=O) groups is 3. The lowest BCUT2D eigenvalue weighted by Gasteiger charge is -2.34. The number of phosphoric ester groups is 1. The summed E-state index contributed by atoms with van der Waals surface area (Å²) < 4.78 is 22.8. The number of carboxylic acid groups (broad SMARTS) is 3. The molecule has 0 aromatic carbocycles. The number of likely N-dealkylation sites (N-methyl/N-ethyl adjacent to an activating group) is 1. The summed E-state index contributed by atoms with van der Waals surface area (Å²) in [6, 6.07) is -0.458. The van der Waals surface area contributed by atoms with Crippen LogP contribution in [0.25, 0.3) is 0 Å². The van der Waals surface area contributed by atoms with Gasteiger partial charge in [0.25, 0.3) is 0 Å². The molecule has 37 heavy (non-hydrogen) atoms. The summed E-state index contributed by atoms with van der Waals surface area (Å²) in [6.45, 7) is 5.83. The van der Waals surface area contributed by atoms with Crippen LogP contribution in [0.1, 0.15) is 59.3 Å². The van der Waals surface area contributed by atoms with Crippen molar-refractivity contribution in [1.82, 2.24) is 14.7 Å². The smallest absolute Gasteiger partial charge is 0.472 e. The van der Waals surface area contributed by atoms with Crippen LogP contribution in [-0.2, 0) is 28.0 Å². The molecule has 0 saturated carbocycles. The number of hydrogen-bond donors (Lipinski definition) is 4. The highest BCUT2D eigenvalue weighted by molar-refractivity contribution is 7.47. The molecule has 0 aliphatic rings. The lowest BCUT2D eigenvalue weighted by Crippen LogP contribution is -2.49. The van der Waals surface area contributed by atoms with Crippen molar-refractivity contribution in [3.05, 3.63) is 0 Å². The Labute approximate surface area is 219 Å². The molecule has 0 heterocycles. The van der Waals surface area contributed by atoms with Crippen LogP contribution in [0.4, 0.5) is 0 Å². The lowest BCUT2D eigenvalue weighted by molar-refractivity contribution is -0.143. The molecular formula is C23H46N3O10P. The molecule has 0 spiro atoms. The average molecular weight is 556 g/mol. The van der Waals surface area contributed by atoms with Gasteiger partial charge in [-0.2, -0.15) is 0 Å². The van der Waals surface area contributed by atoms with Gasteiger partial charge in [0.05, 0.1) is 32.8 Å². The first-order chi connectivity index (χ1) is 17.4. The number of rotatable bonds is 25. The van der Waals surface area contributed by atoms with E-state index in [1.54, 1.807) is 0 Å². The van der Waals surface area contributed by atoms with Crippen molar-refractivity contribution >= 4 is 25.7 Å². The average Bonchev–Trinajstić information content (AvgIpc) is 2.79. The van der Waals surface area contributed by atoms with E-state index in [2.05, 4.69) is 6.92 Å². The molecule has 2 unspecified atom stereocenters. The first-order valence-electron chi connectivity index (χ1n) is 12.9. The van der Waals surface area contributed by atoms with Gasteiger partial charge in [0.15, 0.2) is 0 Å². The van der Waals surface area contributed by atoms with Crippen LogP contribution in [0.3, 0.4) is 0 Å². The second-order valence-corrected chi connectivity index (χ2v) is 10.3. The van der Waals surface area contributed by atoms with Gasteiger partial charge in [-0.15, -0.1) is 0 Å². The van der Waals surface area contributed by atoms with Crippen molar-refractivity contribution in [2.45, 2.75) is 65.3 Å². The number of aliphatic carboxylic acids is 3. The topological polar surface area (TPSA) is 177 Å². The van der Waals surface area contributed by atoms with Gasteiger partial charge in [-0.3, -0.25) is 38.1 Å². The van der Waals surface area contributed by atoms with Crippen LogP contribution in [0.5, 0.6) is 0 Å². The summed E-state index contributed by atoms with van der Waals surface area (Å²) >= 11 is 0. The van der Waals surface area contributed by atoms with Gasteiger partial charge in [0, 0.05) is 25.7 Å². The molecule has 14 heteroatoms. The van der Waals surface area contributed by atoms with Gasteiger partial charge in [-0.05, 0) is 19.5 Å². The van der Waals surface area contributed by atoms with Crippen LogP contribution in [0, 0.1) is 0 Å². The van der Waals surface area contributed by atoms with Crippen LogP contribution in [0.2, 0.25) is 0 Å². The highest BCUT2D eigenvalue weighted by Gasteiger charge is 2.27. The summed E-state index contributed by atoms with van der Waals surface area (Å²) in [5.74, 6) is -3.50. The number of nitrogens with zero attached hydrogens (tertiary/aromatic N) is 3. The Morgan fingerprint density at radius 2 is 1.24 bits per heavy atom. The molecule has 4 N–H and O–H groups in total. The second-order valence-electron chi connectivity index (χ2n) is 8.87. The van der Waals surface area contributed by atoms with E-state index >= 15 is 0 Å². The van der Waals surface area contributed by atoms with E-state index in [0.29, 0.717) is 19.5 Å². The molecule has 0 rings (SSSR count). The molecule has 0 aromatic heterocycles. The van der Waals surface area contributed by atoms with Crippen LogP contribution >= 0.6 is 7.82 Å². The molecule has 0 radical (unpaired) electrons. The predicted molar refractivity (Wildman–Crippen MR) is 138 cm³/mol. The SMILES string of the molecule is CCCCCCCCOP(=O)(O)OCC(CN(CCN(CC(=O)O)CC(=O)O)CC(=O)O)N(CC)CC. The van der Waals surface area contributed by atoms with Gasteiger partial charge in [0.1, 0.15) is 0 Å². The highest BCUT2D eigenvalue weighted by atomic mass is 31.2. The molecule has 0 aromatic rings. The van der Waals surface area contributed by atoms with Crippen molar-refractivity contribution in [2.24, 2.45) is 0 Å². The first kappa shape index (κ1) is 35.4. The fraction of sp³-hybridized carbons (Fsp3) is 0.870. The van der Waals surface area contributed by atoms with Crippen molar-refractivity contribution < 1.29 is 48.2 Å². The Balaban J connectivity index is 5.13. The molecule has 0 saturated heterocycles. The highest BCUT2D eigenvalue weighted by Crippen LogP contribution is 2.43. The Kier molecular flexibility index (Phi) is 19.5. The molecule has 218 valence electrons. The standard InChI is InChI=1S/C23H46N3O10P/c1-4-7-8-9-10-11-14-35-37(33,34)36-19-20(26(5-2)6-3)15-24(16-21(27)28)12-13-25(17-22(29)30)18-23(31)32/h20H,4-19H2,1-3H3,(H,27,28)(H,29,30)(H,31,32)(H,33,34). The lowest BCUT2D eigenvalue weighted by atomic mass is 10.1. The van der Waals surface area contributed by atoms with Crippen molar-refractivity contribution in [1.29, 1.82) is 0 Å². The second kappa shape index (κ2) is 20.4. The fourth-order valence-corrected chi connectivity index (χ4v) is 4.69. The van der Waals surface area contributed by atoms with Crippen LogP contribution in [-0.4, -0.2) is 124 Å². The van der Waals surface area contributed by atoms with Crippen molar-refractivity contribution in [2.75, 3.05) is 65.6 Å². The van der Waals surface area contributed by atoms with Crippen LogP contribution in [0.15, 0.2) is 0 Å². The van der Waals surface area contributed by atoms with E-state index in [4.69, 9.17) is 19.3 Å². The third kappa shape index (κ3) is 19.2. The number of hydrogen-bond acceptors (Lipinski definition) is 9. The molecule has 0 aliphatic heterocycles. The largest absolute Gasteiger partial charge is 0.480 e. The number of phosphoric acid groups is 1. The van der Waals surface area contributed by atoms with E-state index < -0.39 is 44.9 Å². The Morgan fingerprint density at radius 1 is 0.757 bits per heavy atom. The number of carboxylic acids is 3. The quantitative estimate of drug-likeness (QED) is 0.0951. The Hall–Kier alpha value is -1.60. The summed E-state index contributed by atoms with van der Waals surface area (Å²) in [4.78, 5) is 48.4. The molecule has 0 amide bonds. The van der Waals surface area contributed by atoms with E-state index in [0.717, 1.165) is 32.1 Å². The van der Waals surface area contributed by atoms with Crippen molar-refractivity contribution in [3.8, 4) is 0 Å². The van der Waals surface area contributed by atoms with Gasteiger partial charge in [-0.1, -0.05) is 52.9 Å². The predicted octanol–water partition coefficient (Wildman–Crippen LogP) is 2.05. The monoisotopic (exact) mass is 555 g/mol.